The lowest BCUT2D eigenvalue weighted by Crippen LogP contribution is -2.31. The maximum Gasteiger partial charge on any atom is 0.295 e. The van der Waals surface area contributed by atoms with E-state index in [0.29, 0.717) is 29.9 Å². The normalized spacial score (nSPS) is 17.9. The monoisotopic (exact) mass is 459 g/mol. The van der Waals surface area contributed by atoms with E-state index in [1.54, 1.807) is 24.3 Å². The highest BCUT2D eigenvalue weighted by molar-refractivity contribution is 6.46. The van der Waals surface area contributed by atoms with Gasteiger partial charge in [0.2, 0.25) is 0 Å². The van der Waals surface area contributed by atoms with Gasteiger partial charge in [0.1, 0.15) is 17.3 Å². The average molecular weight is 460 g/mol. The van der Waals surface area contributed by atoms with Crippen molar-refractivity contribution in [2.45, 2.75) is 32.4 Å². The van der Waals surface area contributed by atoms with Crippen LogP contribution >= 0.6 is 11.6 Å². The van der Waals surface area contributed by atoms with Gasteiger partial charge in [-0.25, -0.2) is 0 Å². The summed E-state index contributed by atoms with van der Waals surface area (Å²) in [7, 11) is 1.47. The highest BCUT2D eigenvalue weighted by Gasteiger charge is 2.45. The Hall–Kier alpha value is -3.03. The number of ketones is 1. The molecule has 1 fully saturated rings. The van der Waals surface area contributed by atoms with Gasteiger partial charge in [0.15, 0.2) is 0 Å². The molecule has 8 heteroatoms. The van der Waals surface area contributed by atoms with Crippen molar-refractivity contribution in [1.82, 2.24) is 4.90 Å². The molecule has 1 amide bonds. The molecule has 2 aromatic carbocycles. The van der Waals surface area contributed by atoms with Crippen LogP contribution < -0.4 is 4.74 Å². The van der Waals surface area contributed by atoms with Gasteiger partial charge in [-0.2, -0.15) is 0 Å². The highest BCUT2D eigenvalue weighted by atomic mass is 35.5. The number of methoxy groups -OCH3 is 1. The van der Waals surface area contributed by atoms with E-state index in [4.69, 9.17) is 21.1 Å². The maximum absolute atomic E-state index is 13.0. The Balaban J connectivity index is 2.04. The number of likely N-dealkylation sites (tertiary alicyclic amines) is 1. The third-order valence-electron chi connectivity index (χ3n) is 5.17. The van der Waals surface area contributed by atoms with Crippen molar-refractivity contribution in [2.24, 2.45) is 0 Å². The Kier molecular flexibility index (Phi) is 7.43. The molecule has 1 heterocycles. The van der Waals surface area contributed by atoms with Crippen molar-refractivity contribution >= 4 is 29.1 Å². The van der Waals surface area contributed by atoms with Gasteiger partial charge in [-0.15, -0.1) is 0 Å². The fourth-order valence-electron chi connectivity index (χ4n) is 3.64. The van der Waals surface area contributed by atoms with E-state index in [-0.39, 0.29) is 34.8 Å². The van der Waals surface area contributed by atoms with Crippen molar-refractivity contribution in [1.29, 1.82) is 0 Å². The van der Waals surface area contributed by atoms with Crippen molar-refractivity contribution in [3.63, 3.8) is 0 Å². The van der Waals surface area contributed by atoms with E-state index in [2.05, 4.69) is 0 Å². The number of amides is 1. The van der Waals surface area contributed by atoms with Crippen molar-refractivity contribution in [3.05, 3.63) is 64.2 Å². The third kappa shape index (κ3) is 4.89. The van der Waals surface area contributed by atoms with Gasteiger partial charge in [-0.1, -0.05) is 23.7 Å². The first-order valence-corrected chi connectivity index (χ1v) is 10.6. The van der Waals surface area contributed by atoms with Crippen LogP contribution in [0.3, 0.4) is 0 Å². The van der Waals surface area contributed by atoms with Gasteiger partial charge in [0, 0.05) is 18.7 Å². The lowest BCUT2D eigenvalue weighted by Gasteiger charge is -2.25. The maximum atomic E-state index is 13.0. The first-order valence-electron chi connectivity index (χ1n) is 10.3. The summed E-state index contributed by atoms with van der Waals surface area (Å²) >= 11 is 6.19. The molecule has 32 heavy (non-hydrogen) atoms. The van der Waals surface area contributed by atoms with E-state index < -0.39 is 17.7 Å². The smallest absolute Gasteiger partial charge is 0.295 e. The van der Waals surface area contributed by atoms with Gasteiger partial charge in [0.05, 0.1) is 29.9 Å². The number of Topliss-reactive ketones (excluding diaryl/α,β-unsaturated/α-hetero) is 1. The molecule has 0 aromatic heterocycles. The van der Waals surface area contributed by atoms with Gasteiger partial charge >= 0.3 is 0 Å². The van der Waals surface area contributed by atoms with Crippen molar-refractivity contribution in [2.75, 3.05) is 20.3 Å². The van der Waals surface area contributed by atoms with Crippen LogP contribution in [0, 0.1) is 0 Å². The predicted molar refractivity (Wildman–Crippen MR) is 121 cm³/mol. The van der Waals surface area contributed by atoms with Crippen LogP contribution in [0.2, 0.25) is 5.02 Å². The molecule has 0 radical (unpaired) electrons. The number of carbonyl (C=O) groups is 2. The number of benzene rings is 2. The first-order chi connectivity index (χ1) is 15.2. The lowest BCUT2D eigenvalue weighted by molar-refractivity contribution is -0.140. The number of aliphatic hydroxyl groups is 1. The van der Waals surface area contributed by atoms with E-state index >= 15 is 0 Å². The average Bonchev–Trinajstić information content (AvgIpc) is 3.01. The molecule has 2 aromatic rings. The molecule has 1 aliphatic heterocycles. The summed E-state index contributed by atoms with van der Waals surface area (Å²) in [6.45, 7) is 4.53. The number of carbonyl (C=O) groups excluding carboxylic acids is 2. The predicted octanol–water partition coefficient (Wildman–Crippen LogP) is 4.29. The number of phenols is 1. The molecule has 170 valence electrons. The van der Waals surface area contributed by atoms with Crippen LogP contribution in [0.1, 0.15) is 37.4 Å². The number of aliphatic hydroxyl groups excluding tert-OH is 1. The zero-order chi connectivity index (χ0) is 23.4. The second-order valence-corrected chi connectivity index (χ2v) is 8.11. The number of nitrogens with zero attached hydrogens (tertiary/aromatic N) is 1. The number of aromatic hydroxyl groups is 1. The number of hydrogen-bond acceptors (Lipinski definition) is 6. The molecule has 3 rings (SSSR count). The SMILES string of the molecule is COc1ccc(/C(O)=C2/C(=O)C(=O)N(CCCOC(C)C)C2c2ccc(O)cc2)cc1Cl. The Morgan fingerprint density at radius 3 is 2.44 bits per heavy atom. The van der Waals surface area contributed by atoms with Crippen molar-refractivity contribution < 1.29 is 29.3 Å². The molecule has 2 N–H and O–H groups in total. The van der Waals surface area contributed by atoms with E-state index in [1.807, 2.05) is 13.8 Å². The summed E-state index contributed by atoms with van der Waals surface area (Å²) in [5.74, 6) is -1.33. The standard InChI is InChI=1S/C24H26ClNO6/c1-14(2)32-12-4-11-26-21(15-5-8-17(27)9-6-15)20(23(29)24(26)30)22(28)16-7-10-19(31-3)18(25)13-16/h5-10,13-14,21,27-28H,4,11-12H2,1-3H3/b22-20-. The topological polar surface area (TPSA) is 96.3 Å². The molecular formula is C24H26ClNO6. The molecule has 1 saturated heterocycles. The van der Waals surface area contributed by atoms with Crippen LogP contribution in [-0.4, -0.2) is 53.2 Å². The number of ether oxygens (including phenoxy) is 2. The minimum Gasteiger partial charge on any atom is -0.508 e. The quantitative estimate of drug-likeness (QED) is 0.264. The van der Waals surface area contributed by atoms with Crippen LogP contribution in [0.25, 0.3) is 5.76 Å². The highest BCUT2D eigenvalue weighted by Crippen LogP contribution is 2.40. The van der Waals surface area contributed by atoms with Gasteiger partial charge in [-0.3, -0.25) is 9.59 Å². The Morgan fingerprint density at radius 2 is 1.84 bits per heavy atom. The molecular weight excluding hydrogens is 434 g/mol. The van der Waals surface area contributed by atoms with E-state index in [1.165, 1.54) is 30.2 Å². The van der Waals surface area contributed by atoms with E-state index in [0.717, 1.165) is 0 Å². The Labute approximate surface area is 191 Å². The zero-order valence-corrected chi connectivity index (χ0v) is 18.9. The van der Waals surface area contributed by atoms with Crippen LogP contribution in [0.4, 0.5) is 0 Å². The van der Waals surface area contributed by atoms with Crippen LogP contribution in [0.15, 0.2) is 48.0 Å². The summed E-state index contributed by atoms with van der Waals surface area (Å²) in [6, 6.07) is 10.0. The number of rotatable bonds is 8. The molecule has 0 bridgehead atoms. The fourth-order valence-corrected chi connectivity index (χ4v) is 3.89. The summed E-state index contributed by atoms with van der Waals surface area (Å²) in [5.41, 5.74) is 0.848. The Morgan fingerprint density at radius 1 is 1.16 bits per heavy atom. The first kappa shape index (κ1) is 23.6. The fraction of sp³-hybridized carbons (Fsp3) is 0.333. The molecule has 0 spiro atoms. The number of halogens is 1. The van der Waals surface area contributed by atoms with Gasteiger partial charge in [0.25, 0.3) is 11.7 Å². The van der Waals surface area contributed by atoms with Crippen molar-refractivity contribution in [3.8, 4) is 11.5 Å². The molecule has 7 nitrogen and oxygen atoms in total. The van der Waals surface area contributed by atoms with Gasteiger partial charge < -0.3 is 24.6 Å². The van der Waals surface area contributed by atoms with Crippen LogP contribution in [-0.2, 0) is 14.3 Å². The summed E-state index contributed by atoms with van der Waals surface area (Å²) in [6.07, 6.45) is 0.576. The minimum absolute atomic E-state index is 0.0355. The van der Waals surface area contributed by atoms with E-state index in [9.17, 15) is 19.8 Å². The van der Waals surface area contributed by atoms with Crippen LogP contribution in [0.5, 0.6) is 11.5 Å². The number of hydrogen-bond donors (Lipinski definition) is 2. The molecule has 0 aliphatic carbocycles. The second kappa shape index (κ2) is 10.1. The minimum atomic E-state index is -0.810. The van der Waals surface area contributed by atoms with Gasteiger partial charge in [-0.05, 0) is 56.2 Å². The summed E-state index contributed by atoms with van der Waals surface area (Å²) < 4.78 is 10.7. The Bertz CT molecular complexity index is 1030. The lowest BCUT2D eigenvalue weighted by atomic mass is 9.95. The number of phenolic OH excluding ortho intramolecular Hbond substituents is 1. The second-order valence-electron chi connectivity index (χ2n) is 7.71. The summed E-state index contributed by atoms with van der Waals surface area (Å²) in [5, 5.41) is 21.0. The zero-order valence-electron chi connectivity index (χ0n) is 18.2. The molecule has 0 saturated carbocycles. The third-order valence-corrected chi connectivity index (χ3v) is 5.46. The molecule has 1 unspecified atom stereocenters. The summed E-state index contributed by atoms with van der Waals surface area (Å²) in [4.78, 5) is 27.3. The molecule has 1 atom stereocenters. The largest absolute Gasteiger partial charge is 0.508 e. The molecule has 1 aliphatic rings.